The number of aromatic nitrogens is 2. The molecule has 3 heterocycles. The predicted octanol–water partition coefficient (Wildman–Crippen LogP) is 0.0000000000000000555. The SMILES string of the molecule is Cn1ncc2c1CN1CC2NC1=O. The van der Waals surface area contributed by atoms with Crippen molar-refractivity contribution in [2.24, 2.45) is 7.05 Å². The van der Waals surface area contributed by atoms with E-state index in [1.807, 2.05) is 22.8 Å². The molecule has 0 saturated carbocycles. The highest BCUT2D eigenvalue weighted by Crippen LogP contribution is 2.30. The fraction of sp³-hybridized carbons (Fsp3) is 0.500. The minimum atomic E-state index is 0.0428. The van der Waals surface area contributed by atoms with Crippen LogP contribution in [0.25, 0.3) is 0 Å². The number of urea groups is 1. The minimum Gasteiger partial charge on any atom is -0.329 e. The number of rotatable bonds is 0. The second-order valence-corrected chi connectivity index (χ2v) is 3.55. The summed E-state index contributed by atoms with van der Waals surface area (Å²) in [7, 11) is 1.91. The first-order valence-corrected chi connectivity index (χ1v) is 4.32. The van der Waals surface area contributed by atoms with Crippen LogP contribution in [0, 0.1) is 0 Å². The third-order valence-electron chi connectivity index (χ3n) is 2.80. The minimum absolute atomic E-state index is 0.0428. The van der Waals surface area contributed by atoms with E-state index in [9.17, 15) is 4.79 Å². The Morgan fingerprint density at radius 3 is 3.38 bits per heavy atom. The van der Waals surface area contributed by atoms with E-state index in [4.69, 9.17) is 0 Å². The van der Waals surface area contributed by atoms with Crippen molar-refractivity contribution in [1.82, 2.24) is 20.0 Å². The molecule has 1 N–H and O–H groups in total. The largest absolute Gasteiger partial charge is 0.329 e. The molecule has 0 spiro atoms. The van der Waals surface area contributed by atoms with Gasteiger partial charge in [-0.15, -0.1) is 0 Å². The molecule has 13 heavy (non-hydrogen) atoms. The van der Waals surface area contributed by atoms with Crippen LogP contribution in [0.3, 0.4) is 0 Å². The molecule has 1 atom stereocenters. The zero-order valence-corrected chi connectivity index (χ0v) is 7.32. The van der Waals surface area contributed by atoms with E-state index >= 15 is 0 Å². The normalized spacial score (nSPS) is 24.5. The van der Waals surface area contributed by atoms with Crippen LogP contribution in [0.15, 0.2) is 6.20 Å². The number of nitrogens with zero attached hydrogens (tertiary/aromatic N) is 3. The number of hydrogen-bond acceptors (Lipinski definition) is 2. The number of carbonyl (C=O) groups excluding carboxylic acids is 1. The molecule has 0 aromatic carbocycles. The third kappa shape index (κ3) is 0.760. The number of carbonyl (C=O) groups is 1. The van der Waals surface area contributed by atoms with Crippen LogP contribution in [-0.2, 0) is 13.6 Å². The summed E-state index contributed by atoms with van der Waals surface area (Å²) >= 11 is 0. The quantitative estimate of drug-likeness (QED) is 0.608. The highest BCUT2D eigenvalue weighted by molar-refractivity contribution is 5.78. The van der Waals surface area contributed by atoms with E-state index in [1.54, 1.807) is 0 Å². The maximum absolute atomic E-state index is 11.3. The van der Waals surface area contributed by atoms with Gasteiger partial charge in [0, 0.05) is 19.2 Å². The van der Waals surface area contributed by atoms with Crippen LogP contribution < -0.4 is 5.32 Å². The fourth-order valence-corrected chi connectivity index (χ4v) is 2.05. The van der Waals surface area contributed by atoms with Crippen molar-refractivity contribution in [2.45, 2.75) is 12.6 Å². The van der Waals surface area contributed by atoms with Crippen LogP contribution in [0.1, 0.15) is 17.3 Å². The summed E-state index contributed by atoms with van der Waals surface area (Å²) in [5, 5.41) is 7.10. The maximum Gasteiger partial charge on any atom is 0.318 e. The summed E-state index contributed by atoms with van der Waals surface area (Å²) in [5.74, 6) is 0. The van der Waals surface area contributed by atoms with Crippen LogP contribution in [-0.4, -0.2) is 27.3 Å². The van der Waals surface area contributed by atoms with E-state index in [0.29, 0.717) is 6.54 Å². The number of hydrogen-bond donors (Lipinski definition) is 1. The number of fused-ring (bicyclic) bond motifs is 4. The molecule has 1 fully saturated rings. The summed E-state index contributed by atoms with van der Waals surface area (Å²) in [6.07, 6.45) is 1.85. The molecule has 2 aliphatic heterocycles. The Balaban J connectivity index is 2.13. The Labute approximate surface area is 75.3 Å². The molecule has 2 bridgehead atoms. The lowest BCUT2D eigenvalue weighted by molar-refractivity contribution is 0.213. The van der Waals surface area contributed by atoms with Gasteiger partial charge in [-0.05, 0) is 0 Å². The fourth-order valence-electron chi connectivity index (χ4n) is 2.05. The molecule has 1 aromatic heterocycles. The van der Waals surface area contributed by atoms with E-state index in [1.165, 1.54) is 5.56 Å². The molecule has 1 unspecified atom stereocenters. The van der Waals surface area contributed by atoms with Gasteiger partial charge in [0.25, 0.3) is 0 Å². The smallest absolute Gasteiger partial charge is 0.318 e. The standard InChI is InChI=1S/C8H10N4O/c1-11-7-4-12-3-6(10-8(12)13)5(7)2-9-11/h2,6H,3-4H2,1H3,(H,10,13). The topological polar surface area (TPSA) is 50.2 Å². The Bertz CT molecular complexity index is 383. The summed E-state index contributed by atoms with van der Waals surface area (Å²) in [6, 6.07) is 0.200. The molecule has 68 valence electrons. The lowest BCUT2D eigenvalue weighted by Crippen LogP contribution is -2.28. The first kappa shape index (κ1) is 6.94. The number of aryl methyl sites for hydroxylation is 1. The first-order valence-electron chi connectivity index (χ1n) is 4.32. The van der Waals surface area contributed by atoms with Gasteiger partial charge in [0.05, 0.1) is 24.5 Å². The van der Waals surface area contributed by atoms with Gasteiger partial charge in [-0.2, -0.15) is 5.10 Å². The average molecular weight is 178 g/mol. The Morgan fingerprint density at radius 2 is 2.54 bits per heavy atom. The molecule has 0 radical (unpaired) electrons. The van der Waals surface area contributed by atoms with E-state index < -0.39 is 0 Å². The van der Waals surface area contributed by atoms with Crippen molar-refractivity contribution in [3.8, 4) is 0 Å². The van der Waals surface area contributed by atoms with Gasteiger partial charge in [-0.1, -0.05) is 0 Å². The van der Waals surface area contributed by atoms with Crippen LogP contribution in [0.4, 0.5) is 4.79 Å². The van der Waals surface area contributed by atoms with Crippen LogP contribution in [0.2, 0.25) is 0 Å². The number of nitrogens with one attached hydrogen (secondary N) is 1. The molecular formula is C8H10N4O. The molecule has 1 aromatic rings. The molecule has 5 heteroatoms. The van der Waals surface area contributed by atoms with Gasteiger partial charge in [-0.25, -0.2) is 4.79 Å². The molecule has 0 aliphatic carbocycles. The maximum atomic E-state index is 11.3. The van der Waals surface area contributed by atoms with Gasteiger partial charge < -0.3 is 10.2 Å². The molecule has 2 amide bonds. The molecule has 3 rings (SSSR count). The van der Waals surface area contributed by atoms with Crippen molar-refractivity contribution in [2.75, 3.05) is 6.54 Å². The zero-order valence-electron chi connectivity index (χ0n) is 7.32. The van der Waals surface area contributed by atoms with Gasteiger partial charge in [0.1, 0.15) is 0 Å². The number of amides is 2. The average Bonchev–Trinajstić information content (AvgIpc) is 2.60. The van der Waals surface area contributed by atoms with Crippen molar-refractivity contribution in [3.63, 3.8) is 0 Å². The van der Waals surface area contributed by atoms with E-state index in [0.717, 1.165) is 12.2 Å². The van der Waals surface area contributed by atoms with Crippen molar-refractivity contribution in [1.29, 1.82) is 0 Å². The highest BCUT2D eigenvalue weighted by atomic mass is 16.2. The van der Waals surface area contributed by atoms with E-state index in [2.05, 4.69) is 10.4 Å². The van der Waals surface area contributed by atoms with Crippen LogP contribution >= 0.6 is 0 Å². The predicted molar refractivity (Wildman–Crippen MR) is 44.9 cm³/mol. The van der Waals surface area contributed by atoms with Crippen molar-refractivity contribution < 1.29 is 4.79 Å². The molecular weight excluding hydrogens is 168 g/mol. The van der Waals surface area contributed by atoms with Gasteiger partial charge in [0.2, 0.25) is 0 Å². The highest BCUT2D eigenvalue weighted by Gasteiger charge is 2.37. The summed E-state index contributed by atoms with van der Waals surface area (Å²) in [6.45, 7) is 1.48. The lowest BCUT2D eigenvalue weighted by atomic mass is 10.1. The first-order chi connectivity index (χ1) is 6.25. The Kier molecular flexibility index (Phi) is 1.09. The van der Waals surface area contributed by atoms with Crippen molar-refractivity contribution in [3.05, 3.63) is 17.5 Å². The molecule has 1 saturated heterocycles. The lowest BCUT2D eigenvalue weighted by Gasteiger charge is -2.20. The second-order valence-electron chi connectivity index (χ2n) is 3.55. The second kappa shape index (κ2) is 2.04. The van der Waals surface area contributed by atoms with Crippen LogP contribution in [0.5, 0.6) is 0 Å². The summed E-state index contributed by atoms with van der Waals surface area (Å²) < 4.78 is 1.84. The Hall–Kier alpha value is -1.52. The van der Waals surface area contributed by atoms with E-state index in [-0.39, 0.29) is 12.1 Å². The van der Waals surface area contributed by atoms with Gasteiger partial charge in [0.15, 0.2) is 0 Å². The zero-order chi connectivity index (χ0) is 9.00. The van der Waals surface area contributed by atoms with Gasteiger partial charge in [-0.3, -0.25) is 4.68 Å². The van der Waals surface area contributed by atoms with Crippen molar-refractivity contribution >= 4 is 6.03 Å². The van der Waals surface area contributed by atoms with Gasteiger partial charge >= 0.3 is 6.03 Å². The molecule has 5 nitrogen and oxygen atoms in total. The molecule has 2 aliphatic rings. The third-order valence-corrected chi connectivity index (χ3v) is 2.80. The summed E-state index contributed by atoms with van der Waals surface area (Å²) in [4.78, 5) is 13.1. The Morgan fingerprint density at radius 1 is 1.69 bits per heavy atom. The summed E-state index contributed by atoms with van der Waals surface area (Å²) in [5.41, 5.74) is 2.32. The monoisotopic (exact) mass is 178 g/mol.